The van der Waals surface area contributed by atoms with Crippen molar-refractivity contribution in [2.75, 3.05) is 6.54 Å². The van der Waals surface area contributed by atoms with Crippen LogP contribution in [0, 0.1) is 0 Å². The van der Waals surface area contributed by atoms with Crippen LogP contribution >= 0.6 is 0 Å². The number of aryl methyl sites for hydroxylation is 1. The lowest BCUT2D eigenvalue weighted by molar-refractivity contribution is 0.599. The van der Waals surface area contributed by atoms with Gasteiger partial charge in [-0.25, -0.2) is 4.98 Å². The Morgan fingerprint density at radius 1 is 1.58 bits per heavy atom. The van der Waals surface area contributed by atoms with Crippen molar-refractivity contribution in [1.29, 1.82) is 0 Å². The van der Waals surface area contributed by atoms with Gasteiger partial charge < -0.3 is 10.3 Å². The maximum Gasteiger partial charge on any atom is 0.0951 e. The number of nitrogens with two attached hydrogens (primary N) is 1. The Hall–Kier alpha value is -0.830. The Morgan fingerprint density at radius 3 is 2.83 bits per heavy atom. The Morgan fingerprint density at radius 2 is 2.33 bits per heavy atom. The van der Waals surface area contributed by atoms with Crippen LogP contribution in [0.3, 0.4) is 0 Å². The molecule has 12 heavy (non-hydrogen) atoms. The lowest BCUT2D eigenvalue weighted by Gasteiger charge is -2.03. The van der Waals surface area contributed by atoms with E-state index in [4.69, 9.17) is 5.73 Å². The maximum absolute atomic E-state index is 5.41. The summed E-state index contributed by atoms with van der Waals surface area (Å²) in [5.74, 6) is 0. The normalized spacial score (nSPS) is 11.0. The average molecular weight is 167 g/mol. The Bertz CT molecular complexity index is 227. The summed E-state index contributed by atoms with van der Waals surface area (Å²) in [5, 5.41) is 0. The van der Waals surface area contributed by atoms with E-state index in [1.54, 1.807) is 0 Å². The predicted octanol–water partition coefficient (Wildman–Crippen LogP) is 1.36. The minimum atomic E-state index is 0.504. The monoisotopic (exact) mass is 167 g/mol. The SMILES string of the molecule is CC(C)n1cnc(CCCN)c1. The molecule has 0 aromatic carbocycles. The van der Waals surface area contributed by atoms with Crippen LogP contribution in [0.2, 0.25) is 0 Å². The molecule has 0 spiro atoms. The van der Waals surface area contributed by atoms with Crippen molar-refractivity contribution in [2.45, 2.75) is 32.7 Å². The molecule has 0 aliphatic carbocycles. The third-order valence-electron chi connectivity index (χ3n) is 1.89. The van der Waals surface area contributed by atoms with Crippen molar-refractivity contribution >= 4 is 0 Å². The largest absolute Gasteiger partial charge is 0.335 e. The molecule has 0 bridgehead atoms. The van der Waals surface area contributed by atoms with Crippen LogP contribution in [-0.2, 0) is 6.42 Å². The van der Waals surface area contributed by atoms with E-state index in [0.717, 1.165) is 25.1 Å². The summed E-state index contributed by atoms with van der Waals surface area (Å²) in [6.45, 7) is 5.04. The average Bonchev–Trinajstić information content (AvgIpc) is 2.48. The zero-order valence-corrected chi connectivity index (χ0v) is 7.83. The highest BCUT2D eigenvalue weighted by Crippen LogP contribution is 2.06. The van der Waals surface area contributed by atoms with Gasteiger partial charge in [0.25, 0.3) is 0 Å². The van der Waals surface area contributed by atoms with Crippen molar-refractivity contribution in [1.82, 2.24) is 9.55 Å². The third kappa shape index (κ3) is 2.34. The van der Waals surface area contributed by atoms with Gasteiger partial charge in [-0.3, -0.25) is 0 Å². The molecule has 1 rings (SSSR count). The Balaban J connectivity index is 2.52. The first kappa shape index (κ1) is 9.26. The van der Waals surface area contributed by atoms with Gasteiger partial charge in [-0.05, 0) is 33.2 Å². The molecule has 3 nitrogen and oxygen atoms in total. The number of imidazole rings is 1. The molecule has 0 atom stereocenters. The second-order valence-corrected chi connectivity index (χ2v) is 3.30. The summed E-state index contributed by atoms with van der Waals surface area (Å²) in [5.41, 5.74) is 6.56. The molecule has 0 amide bonds. The van der Waals surface area contributed by atoms with Crippen molar-refractivity contribution in [2.24, 2.45) is 5.73 Å². The van der Waals surface area contributed by atoms with E-state index in [9.17, 15) is 0 Å². The van der Waals surface area contributed by atoms with Crippen LogP contribution in [0.5, 0.6) is 0 Å². The Kier molecular flexibility index (Phi) is 3.29. The van der Waals surface area contributed by atoms with Gasteiger partial charge in [0.2, 0.25) is 0 Å². The third-order valence-corrected chi connectivity index (χ3v) is 1.89. The lowest BCUT2D eigenvalue weighted by atomic mass is 10.2. The minimum Gasteiger partial charge on any atom is -0.335 e. The standard InChI is InChI=1S/C9H17N3/c1-8(2)12-6-9(11-7-12)4-3-5-10/h6-8H,3-5,10H2,1-2H3. The summed E-state index contributed by atoms with van der Waals surface area (Å²) in [7, 11) is 0. The molecule has 2 N–H and O–H groups in total. The fourth-order valence-corrected chi connectivity index (χ4v) is 1.07. The topological polar surface area (TPSA) is 43.8 Å². The van der Waals surface area contributed by atoms with E-state index < -0.39 is 0 Å². The van der Waals surface area contributed by atoms with E-state index in [-0.39, 0.29) is 0 Å². The summed E-state index contributed by atoms with van der Waals surface area (Å²) < 4.78 is 2.12. The van der Waals surface area contributed by atoms with Gasteiger partial charge in [0.05, 0.1) is 12.0 Å². The number of nitrogens with zero attached hydrogens (tertiary/aromatic N) is 2. The molecule has 0 fully saturated rings. The molecule has 1 aromatic heterocycles. The van der Waals surface area contributed by atoms with Gasteiger partial charge in [0.1, 0.15) is 0 Å². The summed E-state index contributed by atoms with van der Waals surface area (Å²) in [4.78, 5) is 4.28. The van der Waals surface area contributed by atoms with Crippen molar-refractivity contribution in [3.63, 3.8) is 0 Å². The quantitative estimate of drug-likeness (QED) is 0.735. The number of hydrogen-bond acceptors (Lipinski definition) is 2. The van der Waals surface area contributed by atoms with Crippen molar-refractivity contribution in [3.05, 3.63) is 18.2 Å². The van der Waals surface area contributed by atoms with Crippen molar-refractivity contribution < 1.29 is 0 Å². The second kappa shape index (κ2) is 4.26. The van der Waals surface area contributed by atoms with Gasteiger partial charge in [-0.15, -0.1) is 0 Å². The maximum atomic E-state index is 5.41. The van der Waals surface area contributed by atoms with E-state index in [2.05, 4.69) is 29.6 Å². The molecule has 0 aliphatic rings. The highest BCUT2D eigenvalue weighted by atomic mass is 15.0. The molecule has 68 valence electrons. The molecule has 0 unspecified atom stereocenters. The molecule has 0 radical (unpaired) electrons. The second-order valence-electron chi connectivity index (χ2n) is 3.30. The van der Waals surface area contributed by atoms with Crippen LogP contribution in [0.1, 0.15) is 32.0 Å². The first-order chi connectivity index (χ1) is 5.74. The fraction of sp³-hybridized carbons (Fsp3) is 0.667. The van der Waals surface area contributed by atoms with Gasteiger partial charge in [0.15, 0.2) is 0 Å². The fourth-order valence-electron chi connectivity index (χ4n) is 1.07. The first-order valence-electron chi connectivity index (χ1n) is 4.46. The van der Waals surface area contributed by atoms with Gasteiger partial charge in [-0.2, -0.15) is 0 Å². The van der Waals surface area contributed by atoms with E-state index in [1.807, 2.05) is 6.33 Å². The molecule has 1 aromatic rings. The minimum absolute atomic E-state index is 0.504. The molecular weight excluding hydrogens is 150 g/mol. The molecule has 0 aliphatic heterocycles. The van der Waals surface area contributed by atoms with Crippen LogP contribution in [0.4, 0.5) is 0 Å². The lowest BCUT2D eigenvalue weighted by Crippen LogP contribution is -2.00. The van der Waals surface area contributed by atoms with E-state index in [1.165, 1.54) is 0 Å². The first-order valence-corrected chi connectivity index (χ1v) is 4.46. The molecular formula is C9H17N3. The van der Waals surface area contributed by atoms with E-state index in [0.29, 0.717) is 6.04 Å². The highest BCUT2D eigenvalue weighted by Gasteiger charge is 2.00. The smallest absolute Gasteiger partial charge is 0.0951 e. The number of hydrogen-bond donors (Lipinski definition) is 1. The van der Waals surface area contributed by atoms with Gasteiger partial charge in [0, 0.05) is 12.2 Å². The van der Waals surface area contributed by atoms with Gasteiger partial charge >= 0.3 is 0 Å². The highest BCUT2D eigenvalue weighted by molar-refractivity contribution is 4.97. The molecule has 0 saturated heterocycles. The summed E-state index contributed by atoms with van der Waals surface area (Å²) >= 11 is 0. The molecule has 1 heterocycles. The van der Waals surface area contributed by atoms with Crippen LogP contribution < -0.4 is 5.73 Å². The summed E-state index contributed by atoms with van der Waals surface area (Å²) in [6, 6.07) is 0.504. The summed E-state index contributed by atoms with van der Waals surface area (Å²) in [6.07, 6.45) is 6.00. The molecule has 3 heteroatoms. The van der Waals surface area contributed by atoms with Crippen LogP contribution in [0.15, 0.2) is 12.5 Å². The van der Waals surface area contributed by atoms with Crippen molar-refractivity contribution in [3.8, 4) is 0 Å². The predicted molar refractivity (Wildman–Crippen MR) is 50.0 cm³/mol. The van der Waals surface area contributed by atoms with Gasteiger partial charge in [-0.1, -0.05) is 0 Å². The number of aromatic nitrogens is 2. The van der Waals surface area contributed by atoms with E-state index >= 15 is 0 Å². The zero-order valence-electron chi connectivity index (χ0n) is 7.83. The Labute approximate surface area is 73.6 Å². The zero-order chi connectivity index (χ0) is 8.97. The van der Waals surface area contributed by atoms with Crippen LogP contribution in [0.25, 0.3) is 0 Å². The number of rotatable bonds is 4. The van der Waals surface area contributed by atoms with Crippen LogP contribution in [-0.4, -0.2) is 16.1 Å². The molecule has 0 saturated carbocycles.